The molecule has 0 unspecified atom stereocenters. The zero-order chi connectivity index (χ0) is 15.6. The predicted octanol–water partition coefficient (Wildman–Crippen LogP) is 2.83. The number of aromatic nitrogens is 1. The molecule has 0 aliphatic heterocycles. The highest BCUT2D eigenvalue weighted by Gasteiger charge is 2.22. The second-order valence-corrected chi connectivity index (χ2v) is 4.19. The van der Waals surface area contributed by atoms with E-state index in [9.17, 15) is 23.7 Å². The van der Waals surface area contributed by atoms with E-state index in [0.717, 1.165) is 0 Å². The van der Waals surface area contributed by atoms with Gasteiger partial charge in [-0.05, 0) is 24.6 Å². The van der Waals surface area contributed by atoms with Gasteiger partial charge < -0.3 is 5.32 Å². The number of carbonyl (C=O) groups is 1. The summed E-state index contributed by atoms with van der Waals surface area (Å²) < 4.78 is 27.2. The van der Waals surface area contributed by atoms with Crippen molar-refractivity contribution >= 4 is 17.3 Å². The summed E-state index contributed by atoms with van der Waals surface area (Å²) in [5.74, 6) is -3.36. The lowest BCUT2D eigenvalue weighted by atomic mass is 10.1. The Morgan fingerprint density at radius 1 is 1.33 bits per heavy atom. The zero-order valence-electron chi connectivity index (χ0n) is 10.8. The van der Waals surface area contributed by atoms with Gasteiger partial charge in [-0.25, -0.2) is 4.39 Å². The molecular formula is C13H9F2N3O3. The topological polar surface area (TPSA) is 85.1 Å². The van der Waals surface area contributed by atoms with Crippen molar-refractivity contribution < 1.29 is 18.5 Å². The Hall–Kier alpha value is -2.90. The molecule has 2 rings (SSSR count). The Morgan fingerprint density at radius 2 is 2.05 bits per heavy atom. The molecule has 1 N–H and O–H groups in total. The lowest BCUT2D eigenvalue weighted by Crippen LogP contribution is -2.15. The van der Waals surface area contributed by atoms with E-state index < -0.39 is 33.7 Å². The van der Waals surface area contributed by atoms with Crippen LogP contribution in [0, 0.1) is 28.7 Å². The van der Waals surface area contributed by atoms with Crippen LogP contribution >= 0.6 is 0 Å². The quantitative estimate of drug-likeness (QED) is 0.696. The second kappa shape index (κ2) is 5.61. The number of nitrogens with zero attached hydrogens (tertiary/aromatic N) is 2. The molecule has 0 atom stereocenters. The van der Waals surface area contributed by atoms with Crippen LogP contribution in [0.15, 0.2) is 30.6 Å². The van der Waals surface area contributed by atoms with E-state index in [1.54, 1.807) is 6.92 Å². The number of nitrogens with one attached hydrogen (secondary N) is 1. The first-order valence-corrected chi connectivity index (χ1v) is 5.75. The third-order valence-corrected chi connectivity index (χ3v) is 2.75. The molecule has 2 aromatic rings. The van der Waals surface area contributed by atoms with Gasteiger partial charge in [-0.15, -0.1) is 0 Å². The number of halogens is 2. The Kier molecular flexibility index (Phi) is 3.88. The number of nitro benzene ring substituents is 1. The highest BCUT2D eigenvalue weighted by molar-refractivity contribution is 6.04. The summed E-state index contributed by atoms with van der Waals surface area (Å²) in [6.07, 6.45) is 2.91. The van der Waals surface area contributed by atoms with Crippen LogP contribution < -0.4 is 5.32 Å². The van der Waals surface area contributed by atoms with Crippen molar-refractivity contribution in [2.45, 2.75) is 6.92 Å². The van der Waals surface area contributed by atoms with E-state index >= 15 is 0 Å². The SMILES string of the molecule is Cc1cnccc1NC(=O)c1cc(F)c([N+](=O)[O-])cc1F. The van der Waals surface area contributed by atoms with Crippen LogP contribution in [0.5, 0.6) is 0 Å². The maximum Gasteiger partial charge on any atom is 0.307 e. The molecule has 1 amide bonds. The molecule has 1 aromatic carbocycles. The minimum atomic E-state index is -1.28. The Bertz CT molecular complexity index is 735. The van der Waals surface area contributed by atoms with Crippen molar-refractivity contribution in [1.29, 1.82) is 0 Å². The summed E-state index contributed by atoms with van der Waals surface area (Å²) in [6.45, 7) is 1.68. The van der Waals surface area contributed by atoms with E-state index in [0.29, 0.717) is 23.4 Å². The smallest absolute Gasteiger partial charge is 0.307 e. The van der Waals surface area contributed by atoms with Gasteiger partial charge in [0.05, 0.1) is 16.6 Å². The van der Waals surface area contributed by atoms with Gasteiger partial charge in [-0.1, -0.05) is 0 Å². The van der Waals surface area contributed by atoms with Crippen molar-refractivity contribution in [2.24, 2.45) is 0 Å². The number of benzene rings is 1. The van der Waals surface area contributed by atoms with Crippen LogP contribution in [0.25, 0.3) is 0 Å². The van der Waals surface area contributed by atoms with Gasteiger partial charge in [0, 0.05) is 18.1 Å². The van der Waals surface area contributed by atoms with E-state index in [1.807, 2.05) is 0 Å². The minimum Gasteiger partial charge on any atom is -0.322 e. The first kappa shape index (κ1) is 14.5. The molecule has 0 bridgehead atoms. The van der Waals surface area contributed by atoms with Crippen molar-refractivity contribution in [2.75, 3.05) is 5.32 Å². The molecule has 0 fully saturated rings. The van der Waals surface area contributed by atoms with Crippen LogP contribution in [0.3, 0.4) is 0 Å². The van der Waals surface area contributed by atoms with E-state index in [-0.39, 0.29) is 0 Å². The molecule has 108 valence electrons. The Balaban J connectivity index is 2.34. The van der Waals surface area contributed by atoms with Gasteiger partial charge in [-0.2, -0.15) is 4.39 Å². The van der Waals surface area contributed by atoms with Gasteiger partial charge in [0.1, 0.15) is 5.82 Å². The van der Waals surface area contributed by atoms with Crippen LogP contribution in [0.1, 0.15) is 15.9 Å². The van der Waals surface area contributed by atoms with E-state index in [4.69, 9.17) is 0 Å². The average Bonchev–Trinajstić information content (AvgIpc) is 2.43. The van der Waals surface area contributed by atoms with Crippen LogP contribution in [-0.2, 0) is 0 Å². The lowest BCUT2D eigenvalue weighted by molar-refractivity contribution is -0.387. The number of pyridine rings is 1. The van der Waals surface area contributed by atoms with Crippen LogP contribution in [-0.4, -0.2) is 15.8 Å². The number of aryl methyl sites for hydroxylation is 1. The van der Waals surface area contributed by atoms with Crippen molar-refractivity contribution in [3.8, 4) is 0 Å². The summed E-state index contributed by atoms with van der Waals surface area (Å²) in [5, 5.41) is 12.9. The largest absolute Gasteiger partial charge is 0.322 e. The lowest BCUT2D eigenvalue weighted by Gasteiger charge is -2.08. The van der Waals surface area contributed by atoms with Crippen molar-refractivity contribution in [3.63, 3.8) is 0 Å². The first-order valence-electron chi connectivity index (χ1n) is 5.75. The summed E-state index contributed by atoms with van der Waals surface area (Å²) >= 11 is 0. The molecule has 1 heterocycles. The molecule has 0 aliphatic carbocycles. The molecule has 0 spiro atoms. The third-order valence-electron chi connectivity index (χ3n) is 2.75. The molecule has 0 saturated heterocycles. The summed E-state index contributed by atoms with van der Waals surface area (Å²) in [5.41, 5.74) is -0.625. The average molecular weight is 293 g/mol. The van der Waals surface area contributed by atoms with Crippen LogP contribution in [0.4, 0.5) is 20.2 Å². The number of rotatable bonds is 3. The second-order valence-electron chi connectivity index (χ2n) is 4.19. The van der Waals surface area contributed by atoms with Gasteiger partial charge in [-0.3, -0.25) is 19.9 Å². The van der Waals surface area contributed by atoms with Crippen molar-refractivity contribution in [3.05, 3.63) is 63.5 Å². The number of hydrogen-bond donors (Lipinski definition) is 1. The standard InChI is InChI=1S/C13H9F2N3O3/c1-7-6-16-3-2-11(7)17-13(19)8-4-10(15)12(18(20)21)5-9(8)14/h2-6H,1H3,(H,16,17,19). The van der Waals surface area contributed by atoms with E-state index in [2.05, 4.69) is 10.3 Å². The molecule has 0 radical (unpaired) electrons. The van der Waals surface area contributed by atoms with Gasteiger partial charge in [0.2, 0.25) is 5.82 Å². The number of nitro groups is 1. The Labute approximate surface area is 117 Å². The maximum absolute atomic E-state index is 13.7. The number of hydrogen-bond acceptors (Lipinski definition) is 4. The number of carbonyl (C=O) groups excluding carboxylic acids is 1. The molecular weight excluding hydrogens is 284 g/mol. The molecule has 0 saturated carbocycles. The van der Waals surface area contributed by atoms with E-state index in [1.165, 1.54) is 18.5 Å². The number of anilines is 1. The highest BCUT2D eigenvalue weighted by atomic mass is 19.1. The molecule has 6 nitrogen and oxygen atoms in total. The van der Waals surface area contributed by atoms with Gasteiger partial charge >= 0.3 is 5.69 Å². The first-order chi connectivity index (χ1) is 9.90. The molecule has 0 aliphatic rings. The fourth-order valence-corrected chi connectivity index (χ4v) is 1.65. The van der Waals surface area contributed by atoms with Crippen molar-refractivity contribution in [1.82, 2.24) is 4.98 Å². The number of amides is 1. The molecule has 1 aromatic heterocycles. The minimum absolute atomic E-state index is 0.379. The Morgan fingerprint density at radius 3 is 2.67 bits per heavy atom. The maximum atomic E-state index is 13.7. The monoisotopic (exact) mass is 293 g/mol. The summed E-state index contributed by atoms with van der Waals surface area (Å²) in [4.78, 5) is 25.2. The van der Waals surface area contributed by atoms with Gasteiger partial charge in [0.25, 0.3) is 5.91 Å². The fourth-order valence-electron chi connectivity index (χ4n) is 1.65. The predicted molar refractivity (Wildman–Crippen MR) is 69.9 cm³/mol. The molecule has 8 heteroatoms. The fraction of sp³-hybridized carbons (Fsp3) is 0.0769. The third kappa shape index (κ3) is 2.99. The van der Waals surface area contributed by atoms with Crippen LogP contribution in [0.2, 0.25) is 0 Å². The summed E-state index contributed by atoms with van der Waals surface area (Å²) in [6, 6.07) is 2.37. The summed E-state index contributed by atoms with van der Waals surface area (Å²) in [7, 11) is 0. The normalized spacial score (nSPS) is 10.2. The molecule has 21 heavy (non-hydrogen) atoms. The highest BCUT2D eigenvalue weighted by Crippen LogP contribution is 2.22. The zero-order valence-corrected chi connectivity index (χ0v) is 10.8. The van der Waals surface area contributed by atoms with Gasteiger partial charge in [0.15, 0.2) is 0 Å².